The first kappa shape index (κ1) is 38.4. The summed E-state index contributed by atoms with van der Waals surface area (Å²) < 4.78 is 11.8. The largest absolute Gasteiger partial charge is 0.496 e. The third kappa shape index (κ3) is 7.27. The Bertz CT molecular complexity index is 2120. The van der Waals surface area contributed by atoms with Crippen LogP contribution in [-0.2, 0) is 16.1 Å². The Labute approximate surface area is 328 Å². The van der Waals surface area contributed by atoms with E-state index in [0.29, 0.717) is 74.0 Å². The molecule has 0 spiro atoms. The number of benzene rings is 2. The van der Waals surface area contributed by atoms with Crippen LogP contribution in [0.1, 0.15) is 57.4 Å². The fourth-order valence-corrected chi connectivity index (χ4v) is 7.95. The van der Waals surface area contributed by atoms with Gasteiger partial charge in [0.1, 0.15) is 11.5 Å². The molecule has 0 bridgehead atoms. The average Bonchev–Trinajstić information content (AvgIpc) is 3.43. The molecule has 2 unspecified atom stereocenters. The summed E-state index contributed by atoms with van der Waals surface area (Å²) in [6.45, 7) is 16.2. The number of hydrogen-bond acceptors (Lipinski definition) is 10. The van der Waals surface area contributed by atoms with Gasteiger partial charge < -0.3 is 35.2 Å². The molecule has 1 aromatic heterocycles. The first-order valence-electron chi connectivity index (χ1n) is 18.9. The summed E-state index contributed by atoms with van der Waals surface area (Å²) in [6.07, 6.45) is 7.29. The number of pyridine rings is 1. The molecule has 5 heterocycles. The minimum atomic E-state index is -0.329. The maximum Gasteiger partial charge on any atom is 0.261 e. The molecule has 0 saturated carbocycles. The van der Waals surface area contributed by atoms with Crippen molar-refractivity contribution >= 4 is 40.4 Å². The van der Waals surface area contributed by atoms with Gasteiger partial charge in [0.05, 0.1) is 37.4 Å². The van der Waals surface area contributed by atoms with Crippen LogP contribution in [0.3, 0.4) is 0 Å². The van der Waals surface area contributed by atoms with Gasteiger partial charge in [0.25, 0.3) is 5.91 Å². The van der Waals surface area contributed by atoms with Crippen LogP contribution in [-0.4, -0.2) is 115 Å². The van der Waals surface area contributed by atoms with E-state index in [1.165, 1.54) is 0 Å². The molecule has 2 saturated heterocycles. The Morgan fingerprint density at radius 1 is 1.00 bits per heavy atom. The van der Waals surface area contributed by atoms with E-state index < -0.39 is 0 Å². The van der Waals surface area contributed by atoms with Gasteiger partial charge in [0, 0.05) is 111 Å². The molecule has 3 amide bonds. The second-order valence-corrected chi connectivity index (χ2v) is 14.7. The van der Waals surface area contributed by atoms with Gasteiger partial charge in [-0.3, -0.25) is 29.2 Å². The highest BCUT2D eigenvalue weighted by atomic mass is 16.5. The van der Waals surface area contributed by atoms with Gasteiger partial charge in [-0.25, -0.2) is 0 Å². The van der Waals surface area contributed by atoms with Gasteiger partial charge in [-0.15, -0.1) is 0 Å². The van der Waals surface area contributed by atoms with E-state index in [2.05, 4.69) is 56.7 Å². The lowest BCUT2D eigenvalue weighted by Crippen LogP contribution is -2.56. The van der Waals surface area contributed by atoms with Crippen molar-refractivity contribution in [3.05, 3.63) is 114 Å². The van der Waals surface area contributed by atoms with Gasteiger partial charge in [0.2, 0.25) is 11.8 Å². The lowest BCUT2D eigenvalue weighted by Gasteiger charge is -2.40. The maximum absolute atomic E-state index is 13.7. The Kier molecular flexibility index (Phi) is 11.0. The molecule has 2 aromatic carbocycles. The number of ether oxygens (including phenoxy) is 2. The molecule has 3 N–H and O–H groups in total. The van der Waals surface area contributed by atoms with E-state index in [1.807, 2.05) is 61.6 Å². The van der Waals surface area contributed by atoms with E-state index >= 15 is 0 Å². The zero-order valence-electron chi connectivity index (χ0n) is 32.6. The number of hydrogen-bond donors (Lipinski definition) is 3. The number of methoxy groups -OCH3 is 2. The molecule has 4 aliphatic heterocycles. The van der Waals surface area contributed by atoms with E-state index in [4.69, 9.17) is 9.47 Å². The van der Waals surface area contributed by atoms with Crippen molar-refractivity contribution in [3.63, 3.8) is 0 Å². The van der Waals surface area contributed by atoms with Gasteiger partial charge in [-0.2, -0.15) is 0 Å². The second-order valence-electron chi connectivity index (χ2n) is 14.7. The van der Waals surface area contributed by atoms with Crippen LogP contribution in [0.4, 0.5) is 5.69 Å². The first-order chi connectivity index (χ1) is 27.0. The number of nitrogens with zero attached hydrogens (tertiary/aromatic N) is 5. The van der Waals surface area contributed by atoms with Crippen molar-refractivity contribution in [1.82, 2.24) is 35.2 Å². The minimum Gasteiger partial charge on any atom is -0.496 e. The fraction of sp³-hybridized carbons (Fsp3) is 0.349. The molecular formula is C43H50N8O5. The monoisotopic (exact) mass is 758 g/mol. The molecule has 2 atom stereocenters. The molecule has 0 aliphatic carbocycles. The summed E-state index contributed by atoms with van der Waals surface area (Å²) in [5, 5.41) is 9.34. The molecule has 2 fully saturated rings. The minimum absolute atomic E-state index is 0.00142. The van der Waals surface area contributed by atoms with Crippen LogP contribution < -0.4 is 25.4 Å². The van der Waals surface area contributed by atoms with Crippen LogP contribution in [0.2, 0.25) is 0 Å². The first-order valence-corrected chi connectivity index (χ1v) is 18.9. The Morgan fingerprint density at radius 2 is 1.75 bits per heavy atom. The Hall–Kier alpha value is -5.92. The summed E-state index contributed by atoms with van der Waals surface area (Å²) in [6, 6.07) is 11.2. The Morgan fingerprint density at radius 3 is 2.45 bits per heavy atom. The topological polar surface area (TPSA) is 132 Å². The molecule has 7 rings (SSSR count). The summed E-state index contributed by atoms with van der Waals surface area (Å²) in [4.78, 5) is 51.1. The number of amides is 3. The number of carbonyl (C=O) groups is 3. The molecule has 13 heteroatoms. The predicted molar refractivity (Wildman–Crippen MR) is 217 cm³/mol. The highest BCUT2D eigenvalue weighted by molar-refractivity contribution is 6.13. The summed E-state index contributed by atoms with van der Waals surface area (Å²) in [5.74, 6) is 1.16. The van der Waals surface area contributed by atoms with E-state index in [-0.39, 0.29) is 29.8 Å². The van der Waals surface area contributed by atoms with Crippen LogP contribution in [0, 0.1) is 0 Å². The van der Waals surface area contributed by atoms with Crippen LogP contribution >= 0.6 is 0 Å². The number of nitrogens with one attached hydrogen (secondary N) is 3. The average molecular weight is 759 g/mol. The van der Waals surface area contributed by atoms with Crippen LogP contribution in [0.5, 0.6) is 11.5 Å². The van der Waals surface area contributed by atoms with Crippen molar-refractivity contribution < 1.29 is 23.9 Å². The van der Waals surface area contributed by atoms with Gasteiger partial charge >= 0.3 is 0 Å². The number of piperidine rings is 1. The second kappa shape index (κ2) is 16.0. The van der Waals surface area contributed by atoms with Crippen molar-refractivity contribution in [3.8, 4) is 11.5 Å². The molecule has 3 aromatic rings. The highest BCUT2D eigenvalue weighted by Gasteiger charge is 2.40. The van der Waals surface area contributed by atoms with Gasteiger partial charge in [-0.05, 0) is 55.3 Å². The fourth-order valence-electron chi connectivity index (χ4n) is 7.95. The number of rotatable bonds is 14. The molecule has 292 valence electrons. The molecule has 0 radical (unpaired) electrons. The number of anilines is 1. The zero-order valence-corrected chi connectivity index (χ0v) is 32.6. The maximum atomic E-state index is 13.7. The highest BCUT2D eigenvalue weighted by Crippen LogP contribution is 2.42. The number of carbonyl (C=O) groups excluding carboxylic acids is 3. The summed E-state index contributed by atoms with van der Waals surface area (Å²) >= 11 is 0. The Balaban J connectivity index is 0.911. The standard InChI is InChI=1S/C43H50N8O5/c1-26-36(11-12-40(52)47-26)51-28(3)30-9-8-10-35(41(30)43(51)54)45-16-19-48(4)20-17-46-42(53)37-14-18-50(37)25-34-38(55-6)21-29(22-39(34)56-7)33-24-49(5)27(2)32-23-44-15-13-31(32)33/h8-10,13,15,21-24,36-37,45H,1-3,11-12,14,16-20,25H2,4-7H3,(H,46,53)(H,47,52). The van der Waals surface area contributed by atoms with E-state index in [1.54, 1.807) is 25.3 Å². The van der Waals surface area contributed by atoms with Crippen molar-refractivity contribution in [2.45, 2.75) is 37.9 Å². The number of likely N-dealkylation sites (N-methyl/N-ethyl adjacent to an activating group) is 1. The summed E-state index contributed by atoms with van der Waals surface area (Å²) in [5.41, 5.74) is 8.97. The van der Waals surface area contributed by atoms with Gasteiger partial charge in [-0.1, -0.05) is 31.9 Å². The number of fused-ring (bicyclic) bond motifs is 2. The SMILES string of the molecule is C=C1NC(=O)CCC1N1C(=C)c2cccc(NCCN(C)CCNC(=O)C3CCN3Cc3c(OC)cc(C4=CN(C)C(=C)c5cnccc54)cc3OC)c2C1=O. The molecule has 56 heavy (non-hydrogen) atoms. The molecule has 4 aliphatic rings. The lowest BCUT2D eigenvalue weighted by atomic mass is 9.90. The van der Waals surface area contributed by atoms with Crippen LogP contribution in [0.25, 0.3) is 17.0 Å². The molecular weight excluding hydrogens is 709 g/mol. The quantitative estimate of drug-likeness (QED) is 0.218. The smallest absolute Gasteiger partial charge is 0.261 e. The molecule has 13 nitrogen and oxygen atoms in total. The van der Waals surface area contributed by atoms with Crippen molar-refractivity contribution in [2.24, 2.45) is 0 Å². The lowest BCUT2D eigenvalue weighted by molar-refractivity contribution is -0.131. The number of likely N-dealkylation sites (tertiary alicyclic amines) is 1. The van der Waals surface area contributed by atoms with Crippen LogP contribution in [0.15, 0.2) is 80.4 Å². The third-order valence-corrected chi connectivity index (χ3v) is 11.2. The number of aromatic nitrogens is 1. The normalized spacial score (nSPS) is 19.3. The van der Waals surface area contributed by atoms with Gasteiger partial charge in [0.15, 0.2) is 0 Å². The third-order valence-electron chi connectivity index (χ3n) is 11.2. The predicted octanol–water partition coefficient (Wildman–Crippen LogP) is 4.36. The summed E-state index contributed by atoms with van der Waals surface area (Å²) in [7, 11) is 7.29. The van der Waals surface area contributed by atoms with E-state index in [9.17, 15) is 14.4 Å². The van der Waals surface area contributed by atoms with Crippen molar-refractivity contribution in [2.75, 3.05) is 66.4 Å². The zero-order chi connectivity index (χ0) is 39.7. The van der Waals surface area contributed by atoms with Crippen molar-refractivity contribution in [1.29, 1.82) is 0 Å². The van der Waals surface area contributed by atoms with E-state index in [0.717, 1.165) is 57.7 Å².